The molecule has 0 saturated carbocycles. The van der Waals surface area contributed by atoms with Crippen LogP contribution in [-0.2, 0) is 4.79 Å². The number of fused-ring (bicyclic) bond motifs is 1. The van der Waals surface area contributed by atoms with Crippen LogP contribution < -0.4 is 11.1 Å². The molecule has 3 heterocycles. The summed E-state index contributed by atoms with van der Waals surface area (Å²) in [5, 5.41) is 3.55. The number of carbonyl (C=O) groups excluding carboxylic acids is 2. The van der Waals surface area contributed by atoms with Crippen molar-refractivity contribution < 1.29 is 9.59 Å². The summed E-state index contributed by atoms with van der Waals surface area (Å²) in [7, 11) is 0. The lowest BCUT2D eigenvalue weighted by Crippen LogP contribution is -2.49. The van der Waals surface area contributed by atoms with E-state index in [-0.39, 0.29) is 18.4 Å². The predicted molar refractivity (Wildman–Crippen MR) is 82.4 cm³/mol. The first kappa shape index (κ1) is 13.8. The molecule has 0 atom stereocenters. The van der Waals surface area contributed by atoms with Gasteiger partial charge in [-0.3, -0.25) is 14.6 Å². The van der Waals surface area contributed by atoms with Gasteiger partial charge >= 0.3 is 0 Å². The van der Waals surface area contributed by atoms with Crippen LogP contribution in [0.3, 0.4) is 0 Å². The number of amides is 2. The minimum absolute atomic E-state index is 0.0861. The second-order valence-electron chi connectivity index (χ2n) is 5.14. The molecule has 1 saturated heterocycles. The lowest BCUT2D eigenvalue weighted by atomic mass is 10.2. The van der Waals surface area contributed by atoms with Crippen molar-refractivity contribution in [2.75, 3.05) is 25.4 Å². The highest BCUT2D eigenvalue weighted by Crippen LogP contribution is 2.36. The van der Waals surface area contributed by atoms with E-state index in [4.69, 9.17) is 5.73 Å². The first-order chi connectivity index (χ1) is 9.97. The van der Waals surface area contributed by atoms with Crippen LogP contribution in [0.15, 0.2) is 6.07 Å². The second-order valence-corrected chi connectivity index (χ2v) is 6.20. The summed E-state index contributed by atoms with van der Waals surface area (Å²) in [5.74, 6) is -0.316. The number of nitrogens with one attached hydrogen (secondary N) is 1. The molecule has 0 spiro atoms. The van der Waals surface area contributed by atoms with Gasteiger partial charge in [-0.25, -0.2) is 0 Å². The van der Waals surface area contributed by atoms with Crippen molar-refractivity contribution in [1.29, 1.82) is 0 Å². The van der Waals surface area contributed by atoms with Gasteiger partial charge in [-0.1, -0.05) is 0 Å². The summed E-state index contributed by atoms with van der Waals surface area (Å²) in [6.07, 6.45) is 0. The fraction of sp³-hybridized carbons (Fsp3) is 0.357. The third-order valence-corrected chi connectivity index (χ3v) is 4.68. The predicted octanol–water partition coefficient (Wildman–Crippen LogP) is 1.07. The van der Waals surface area contributed by atoms with Gasteiger partial charge in [0.2, 0.25) is 5.91 Å². The van der Waals surface area contributed by atoms with Crippen LogP contribution in [0.2, 0.25) is 0 Å². The average molecular weight is 304 g/mol. The number of piperazine rings is 1. The zero-order valence-corrected chi connectivity index (χ0v) is 12.7. The third kappa shape index (κ3) is 2.33. The smallest absolute Gasteiger partial charge is 0.266 e. The Morgan fingerprint density at radius 1 is 1.48 bits per heavy atom. The first-order valence-corrected chi connectivity index (χ1v) is 7.51. The van der Waals surface area contributed by atoms with Gasteiger partial charge in [-0.05, 0) is 19.9 Å². The summed E-state index contributed by atoms with van der Waals surface area (Å²) in [4.78, 5) is 30.4. The number of hydrogen-bond donors (Lipinski definition) is 2. The maximum absolute atomic E-state index is 12.6. The van der Waals surface area contributed by atoms with Crippen LogP contribution in [0, 0.1) is 13.8 Å². The van der Waals surface area contributed by atoms with Gasteiger partial charge in [-0.15, -0.1) is 11.3 Å². The average Bonchev–Trinajstić information content (AvgIpc) is 2.75. The van der Waals surface area contributed by atoms with E-state index >= 15 is 0 Å². The number of hydrogen-bond acceptors (Lipinski definition) is 5. The van der Waals surface area contributed by atoms with E-state index < -0.39 is 0 Å². The maximum Gasteiger partial charge on any atom is 0.266 e. The molecule has 21 heavy (non-hydrogen) atoms. The Balaban J connectivity index is 2.04. The molecule has 0 aliphatic carbocycles. The maximum atomic E-state index is 12.6. The van der Waals surface area contributed by atoms with Crippen molar-refractivity contribution in [3.05, 3.63) is 22.3 Å². The fourth-order valence-corrected chi connectivity index (χ4v) is 3.83. The molecule has 7 heteroatoms. The fourth-order valence-electron chi connectivity index (χ4n) is 2.59. The van der Waals surface area contributed by atoms with Crippen molar-refractivity contribution in [1.82, 2.24) is 15.2 Å². The van der Waals surface area contributed by atoms with Crippen LogP contribution in [-0.4, -0.2) is 41.3 Å². The van der Waals surface area contributed by atoms with Crippen molar-refractivity contribution in [2.45, 2.75) is 13.8 Å². The lowest BCUT2D eigenvalue weighted by Gasteiger charge is -2.26. The molecule has 2 aromatic heterocycles. The minimum atomic E-state index is -0.180. The van der Waals surface area contributed by atoms with Crippen molar-refractivity contribution in [3.63, 3.8) is 0 Å². The zero-order valence-electron chi connectivity index (χ0n) is 11.9. The van der Waals surface area contributed by atoms with E-state index in [2.05, 4.69) is 10.3 Å². The third-order valence-electron chi connectivity index (χ3n) is 3.54. The number of aryl methyl sites for hydroxylation is 2. The van der Waals surface area contributed by atoms with E-state index in [1.165, 1.54) is 16.2 Å². The molecule has 0 radical (unpaired) electrons. The molecule has 6 nitrogen and oxygen atoms in total. The summed E-state index contributed by atoms with van der Waals surface area (Å²) in [6.45, 7) is 4.88. The molecule has 0 unspecified atom stereocenters. The van der Waals surface area contributed by atoms with E-state index in [1.54, 1.807) is 0 Å². The summed E-state index contributed by atoms with van der Waals surface area (Å²) >= 11 is 1.37. The highest BCUT2D eigenvalue weighted by atomic mass is 32.1. The normalized spacial score (nSPS) is 15.3. The standard InChI is InChI=1S/C14H16N4O2S/c1-7-5-9-11(8(2)17-7)12(15)13(21-9)14(20)18-4-3-16-10(19)6-18/h5H,3-4,6,15H2,1-2H3,(H,16,19). The van der Waals surface area contributed by atoms with Gasteiger partial charge < -0.3 is 16.0 Å². The Morgan fingerprint density at radius 3 is 2.95 bits per heavy atom. The number of anilines is 1. The van der Waals surface area contributed by atoms with Gasteiger partial charge in [0.05, 0.1) is 12.2 Å². The van der Waals surface area contributed by atoms with Crippen LogP contribution in [0.25, 0.3) is 10.1 Å². The van der Waals surface area contributed by atoms with Crippen LogP contribution >= 0.6 is 11.3 Å². The Labute approximate surface area is 125 Å². The van der Waals surface area contributed by atoms with Crippen molar-refractivity contribution in [3.8, 4) is 0 Å². The summed E-state index contributed by atoms with van der Waals surface area (Å²) in [5.41, 5.74) is 8.35. The highest BCUT2D eigenvalue weighted by molar-refractivity contribution is 7.21. The summed E-state index contributed by atoms with van der Waals surface area (Å²) in [6, 6.07) is 1.93. The topological polar surface area (TPSA) is 88.3 Å². The highest BCUT2D eigenvalue weighted by Gasteiger charge is 2.26. The van der Waals surface area contributed by atoms with E-state index in [1.807, 2.05) is 19.9 Å². The van der Waals surface area contributed by atoms with E-state index in [9.17, 15) is 9.59 Å². The molecule has 110 valence electrons. The lowest BCUT2D eigenvalue weighted by molar-refractivity contribution is -0.123. The number of nitrogen functional groups attached to an aromatic ring is 1. The number of aromatic nitrogens is 1. The quantitative estimate of drug-likeness (QED) is 0.825. The van der Waals surface area contributed by atoms with Gasteiger partial charge in [-0.2, -0.15) is 0 Å². The van der Waals surface area contributed by atoms with Gasteiger partial charge in [0.1, 0.15) is 4.88 Å². The van der Waals surface area contributed by atoms with E-state index in [0.717, 1.165) is 21.5 Å². The van der Waals surface area contributed by atoms with Gasteiger partial charge in [0, 0.05) is 34.6 Å². The number of nitrogens with zero attached hydrogens (tertiary/aromatic N) is 2. The van der Waals surface area contributed by atoms with Gasteiger partial charge in [0.25, 0.3) is 5.91 Å². The molecular formula is C14H16N4O2S. The van der Waals surface area contributed by atoms with Crippen LogP contribution in [0.5, 0.6) is 0 Å². The molecule has 3 rings (SSSR count). The number of rotatable bonds is 1. The van der Waals surface area contributed by atoms with Crippen LogP contribution in [0.4, 0.5) is 5.69 Å². The largest absolute Gasteiger partial charge is 0.397 e. The van der Waals surface area contributed by atoms with Crippen LogP contribution in [0.1, 0.15) is 21.1 Å². The molecular weight excluding hydrogens is 288 g/mol. The zero-order chi connectivity index (χ0) is 15.1. The number of carbonyl (C=O) groups is 2. The number of pyridine rings is 1. The van der Waals surface area contributed by atoms with Crippen molar-refractivity contribution >= 4 is 38.9 Å². The molecule has 1 fully saturated rings. The minimum Gasteiger partial charge on any atom is -0.397 e. The number of nitrogens with two attached hydrogens (primary N) is 1. The molecule has 3 N–H and O–H groups in total. The van der Waals surface area contributed by atoms with E-state index in [0.29, 0.717) is 23.7 Å². The molecule has 0 bridgehead atoms. The van der Waals surface area contributed by atoms with Crippen molar-refractivity contribution in [2.24, 2.45) is 0 Å². The first-order valence-electron chi connectivity index (χ1n) is 6.69. The monoisotopic (exact) mass is 304 g/mol. The number of thiophene rings is 1. The molecule has 1 aliphatic heterocycles. The Hall–Kier alpha value is -2.15. The molecule has 2 aromatic rings. The Kier molecular flexibility index (Phi) is 3.29. The molecule has 2 amide bonds. The van der Waals surface area contributed by atoms with Gasteiger partial charge in [0.15, 0.2) is 0 Å². The molecule has 1 aliphatic rings. The molecule has 0 aromatic carbocycles. The summed E-state index contributed by atoms with van der Waals surface area (Å²) < 4.78 is 0.960. The SMILES string of the molecule is Cc1cc2sc(C(=O)N3CCNC(=O)C3)c(N)c2c(C)n1. The Morgan fingerprint density at radius 2 is 2.24 bits per heavy atom. The Bertz CT molecular complexity index is 753. The second kappa shape index (κ2) is 5.00.